The van der Waals surface area contributed by atoms with Gasteiger partial charge in [0.05, 0.1) is 34.4 Å². The molecule has 9 heteroatoms. The molecule has 0 aromatic rings. The quantitative estimate of drug-likeness (QED) is 0.0265. The Labute approximate surface area is 270 Å². The fourth-order valence-corrected chi connectivity index (χ4v) is 5.01. The second-order valence-electron chi connectivity index (χ2n) is 12.5. The van der Waals surface area contributed by atoms with Crippen molar-refractivity contribution in [3.8, 4) is 0 Å². The number of carbonyl (C=O) groups is 1. The van der Waals surface area contributed by atoms with Crippen molar-refractivity contribution in [1.29, 1.82) is 0 Å². The van der Waals surface area contributed by atoms with Crippen LogP contribution in [0.1, 0.15) is 123 Å². The predicted octanol–water partition coefficient (Wildman–Crippen LogP) is 9.09. The zero-order valence-corrected chi connectivity index (χ0v) is 29.8. The van der Waals surface area contributed by atoms with Crippen LogP contribution in [0.15, 0.2) is 36.5 Å². The summed E-state index contributed by atoms with van der Waals surface area (Å²) in [7, 11) is 1.65. The van der Waals surface area contributed by atoms with Gasteiger partial charge in [0.1, 0.15) is 19.3 Å². The second kappa shape index (κ2) is 29.1. The van der Waals surface area contributed by atoms with Crippen molar-refractivity contribution in [2.45, 2.75) is 129 Å². The summed E-state index contributed by atoms with van der Waals surface area (Å²) in [4.78, 5) is 22.6. The van der Waals surface area contributed by atoms with Gasteiger partial charge in [0.2, 0.25) is 0 Å². The number of hydrogen-bond donors (Lipinski definition) is 1. The molecular formula is C35H67NO7P+. The zero-order chi connectivity index (χ0) is 32.8. The molecule has 8 nitrogen and oxygen atoms in total. The Bertz CT molecular complexity index is 807. The number of unbranched alkanes of at least 4 members (excludes halogenated alkanes) is 11. The molecule has 0 aromatic heterocycles. The molecule has 0 aliphatic carbocycles. The lowest BCUT2D eigenvalue weighted by Crippen LogP contribution is -2.37. The van der Waals surface area contributed by atoms with Crippen LogP contribution in [-0.4, -0.2) is 75.6 Å². The van der Waals surface area contributed by atoms with Crippen LogP contribution < -0.4 is 0 Å². The molecule has 0 spiro atoms. The van der Waals surface area contributed by atoms with E-state index in [0.29, 0.717) is 24.1 Å². The van der Waals surface area contributed by atoms with Crippen LogP contribution in [0.3, 0.4) is 0 Å². The Kier molecular flexibility index (Phi) is 28.3. The number of phosphoric acid groups is 1. The molecule has 2 atom stereocenters. The number of esters is 1. The average Bonchev–Trinajstić information content (AvgIpc) is 2.96. The average molecular weight is 645 g/mol. The predicted molar refractivity (Wildman–Crippen MR) is 183 cm³/mol. The molecule has 0 saturated heterocycles. The normalized spacial score (nSPS) is 14.6. The van der Waals surface area contributed by atoms with Gasteiger partial charge in [-0.1, -0.05) is 108 Å². The summed E-state index contributed by atoms with van der Waals surface area (Å²) in [6.07, 6.45) is 30.4. The number of nitrogens with zero attached hydrogens (tertiary/aromatic N) is 1. The smallest absolute Gasteiger partial charge is 0.457 e. The summed E-state index contributed by atoms with van der Waals surface area (Å²) >= 11 is 0. The molecule has 0 bridgehead atoms. The summed E-state index contributed by atoms with van der Waals surface area (Å²) in [6.45, 7) is 5.40. The summed E-state index contributed by atoms with van der Waals surface area (Å²) < 4.78 is 34.6. The lowest BCUT2D eigenvalue weighted by Gasteiger charge is -2.24. The van der Waals surface area contributed by atoms with Gasteiger partial charge in [0.25, 0.3) is 0 Å². The van der Waals surface area contributed by atoms with E-state index in [0.717, 1.165) is 70.6 Å². The van der Waals surface area contributed by atoms with Crippen LogP contribution >= 0.6 is 7.82 Å². The van der Waals surface area contributed by atoms with Crippen molar-refractivity contribution in [1.82, 2.24) is 0 Å². The lowest BCUT2D eigenvalue weighted by molar-refractivity contribution is -0.870. The first-order valence-electron chi connectivity index (χ1n) is 17.2. The summed E-state index contributed by atoms with van der Waals surface area (Å²) in [5, 5.41) is 0. The molecule has 0 aliphatic rings. The minimum absolute atomic E-state index is 0.0838. The maximum Gasteiger partial charge on any atom is 0.472 e. The molecule has 0 aromatic carbocycles. The largest absolute Gasteiger partial charge is 0.472 e. The van der Waals surface area contributed by atoms with Crippen molar-refractivity contribution in [2.24, 2.45) is 0 Å². The van der Waals surface area contributed by atoms with Crippen LogP contribution in [0.4, 0.5) is 0 Å². The highest BCUT2D eigenvalue weighted by molar-refractivity contribution is 7.47. The molecule has 0 heterocycles. The Morgan fingerprint density at radius 3 is 1.98 bits per heavy atom. The van der Waals surface area contributed by atoms with Crippen molar-refractivity contribution < 1.29 is 37.3 Å². The van der Waals surface area contributed by atoms with Crippen LogP contribution in [0.25, 0.3) is 0 Å². The Morgan fingerprint density at radius 2 is 1.32 bits per heavy atom. The van der Waals surface area contributed by atoms with Crippen LogP contribution in [-0.2, 0) is 27.9 Å². The van der Waals surface area contributed by atoms with E-state index in [9.17, 15) is 14.3 Å². The van der Waals surface area contributed by atoms with Crippen molar-refractivity contribution in [3.05, 3.63) is 36.5 Å². The number of ether oxygens (including phenoxy) is 2. The molecule has 1 N–H and O–H groups in total. The molecule has 0 amide bonds. The summed E-state index contributed by atoms with van der Waals surface area (Å²) in [5.41, 5.74) is 0. The Hall–Kier alpha value is -1.28. The summed E-state index contributed by atoms with van der Waals surface area (Å²) in [5.74, 6) is -0.330. The van der Waals surface area contributed by atoms with E-state index >= 15 is 0 Å². The fraction of sp³-hybridized carbons (Fsp3) is 0.800. The van der Waals surface area contributed by atoms with Gasteiger partial charge in [0.15, 0.2) is 0 Å². The zero-order valence-electron chi connectivity index (χ0n) is 28.9. The van der Waals surface area contributed by atoms with Crippen molar-refractivity contribution >= 4 is 13.8 Å². The molecule has 0 rings (SSSR count). The standard InChI is InChI=1S/C35H66NO7P/c1-6-8-10-12-14-16-17-18-19-20-21-23-25-27-30-40-32-34(33-42-44(38,39)41-31-29-36(3,4)5)43-35(37)28-26-24-22-15-13-11-9-7-2/h8,10,14,16,18-19,34H,6-7,9,11-13,15,17,20-33H2,1-5H3/p+1/b10-8-,16-14-,19-18-. The van der Waals surface area contributed by atoms with E-state index in [-0.39, 0.29) is 25.8 Å². The third kappa shape index (κ3) is 32.1. The first kappa shape index (κ1) is 42.7. The molecule has 0 fully saturated rings. The Balaban J connectivity index is 4.36. The number of phosphoric ester groups is 1. The number of allylic oxidation sites excluding steroid dienone is 6. The van der Waals surface area contributed by atoms with Gasteiger partial charge < -0.3 is 18.9 Å². The fourth-order valence-electron chi connectivity index (χ4n) is 4.27. The van der Waals surface area contributed by atoms with E-state index in [1.165, 1.54) is 32.1 Å². The highest BCUT2D eigenvalue weighted by atomic mass is 31.2. The first-order chi connectivity index (χ1) is 21.1. The number of hydrogen-bond acceptors (Lipinski definition) is 6. The second-order valence-corrected chi connectivity index (χ2v) is 14.0. The van der Waals surface area contributed by atoms with E-state index < -0.39 is 13.9 Å². The minimum Gasteiger partial charge on any atom is -0.457 e. The monoisotopic (exact) mass is 644 g/mol. The van der Waals surface area contributed by atoms with E-state index in [1.54, 1.807) is 0 Å². The van der Waals surface area contributed by atoms with Crippen LogP contribution in [0.5, 0.6) is 0 Å². The first-order valence-corrected chi connectivity index (χ1v) is 18.7. The van der Waals surface area contributed by atoms with E-state index in [2.05, 4.69) is 50.3 Å². The number of carbonyl (C=O) groups excluding carboxylic acids is 1. The minimum atomic E-state index is -4.26. The van der Waals surface area contributed by atoms with Gasteiger partial charge in [-0.2, -0.15) is 0 Å². The maximum absolute atomic E-state index is 12.5. The van der Waals surface area contributed by atoms with Crippen molar-refractivity contribution in [3.63, 3.8) is 0 Å². The Morgan fingerprint density at radius 1 is 0.727 bits per heavy atom. The maximum atomic E-state index is 12.5. The van der Waals surface area contributed by atoms with E-state index in [4.69, 9.17) is 18.5 Å². The van der Waals surface area contributed by atoms with Gasteiger partial charge in [-0.25, -0.2) is 4.57 Å². The molecular weight excluding hydrogens is 577 g/mol. The number of likely N-dealkylation sites (N-methyl/N-ethyl adjacent to an activating group) is 1. The highest BCUT2D eigenvalue weighted by Crippen LogP contribution is 2.43. The molecule has 2 unspecified atom stereocenters. The summed E-state index contributed by atoms with van der Waals surface area (Å²) in [6, 6.07) is 0. The van der Waals surface area contributed by atoms with Gasteiger partial charge in [0, 0.05) is 13.0 Å². The van der Waals surface area contributed by atoms with Crippen LogP contribution in [0, 0.1) is 0 Å². The third-order valence-electron chi connectivity index (χ3n) is 6.97. The van der Waals surface area contributed by atoms with Gasteiger partial charge >= 0.3 is 13.8 Å². The lowest BCUT2D eigenvalue weighted by atomic mass is 10.1. The molecule has 258 valence electrons. The van der Waals surface area contributed by atoms with Crippen molar-refractivity contribution in [2.75, 3.05) is 54.1 Å². The van der Waals surface area contributed by atoms with Gasteiger partial charge in [-0.05, 0) is 44.9 Å². The van der Waals surface area contributed by atoms with E-state index in [1.807, 2.05) is 21.1 Å². The third-order valence-corrected chi connectivity index (χ3v) is 7.95. The molecule has 0 radical (unpaired) electrons. The molecule has 0 aliphatic heterocycles. The van der Waals surface area contributed by atoms with Gasteiger partial charge in [-0.3, -0.25) is 13.8 Å². The number of quaternary nitrogens is 1. The number of rotatable bonds is 31. The van der Waals surface area contributed by atoms with Crippen LogP contribution in [0.2, 0.25) is 0 Å². The highest BCUT2D eigenvalue weighted by Gasteiger charge is 2.26. The SMILES string of the molecule is CC/C=C\C/C=C\C/C=C\CCCCCCOCC(COP(=O)(O)OCC[N+](C)(C)C)OC(=O)CCCCCCCCCC. The topological polar surface area (TPSA) is 91.3 Å². The molecule has 44 heavy (non-hydrogen) atoms. The van der Waals surface area contributed by atoms with Gasteiger partial charge in [-0.15, -0.1) is 0 Å². The molecule has 0 saturated carbocycles.